The zero-order valence-electron chi connectivity index (χ0n) is 25.2. The maximum absolute atomic E-state index is 5.35. The zero-order valence-corrected chi connectivity index (χ0v) is 26.0. The van der Waals surface area contributed by atoms with E-state index in [0.29, 0.717) is 5.95 Å². The van der Waals surface area contributed by atoms with Gasteiger partial charge in [0.15, 0.2) is 0 Å². The van der Waals surface area contributed by atoms with Crippen molar-refractivity contribution in [2.75, 3.05) is 0 Å². The molecular weight excluding hydrogens is 593 g/mol. The van der Waals surface area contributed by atoms with E-state index in [0.717, 1.165) is 50.1 Å². The van der Waals surface area contributed by atoms with E-state index in [1.807, 2.05) is 23.5 Å². The fourth-order valence-corrected chi connectivity index (χ4v) is 8.29. The molecule has 0 aliphatic heterocycles. The van der Waals surface area contributed by atoms with Crippen molar-refractivity contribution in [1.29, 1.82) is 0 Å². The Hall–Kier alpha value is -6.04. The first-order valence-corrected chi connectivity index (χ1v) is 16.6. The summed E-state index contributed by atoms with van der Waals surface area (Å²) in [5.74, 6) is 0.662. The van der Waals surface area contributed by atoms with Crippen LogP contribution in [0.3, 0.4) is 0 Å². The molecule has 0 saturated carbocycles. The Balaban J connectivity index is 1.39. The molecule has 0 aliphatic rings. The first kappa shape index (κ1) is 26.2. The van der Waals surface area contributed by atoms with E-state index >= 15 is 0 Å². The Morgan fingerprint density at radius 1 is 0.468 bits per heavy atom. The molecule has 4 heterocycles. The van der Waals surface area contributed by atoms with Gasteiger partial charge in [-0.05, 0) is 36.4 Å². The highest BCUT2D eigenvalue weighted by Crippen LogP contribution is 2.44. The van der Waals surface area contributed by atoms with Crippen LogP contribution in [0.25, 0.3) is 87.0 Å². The maximum atomic E-state index is 5.35. The van der Waals surface area contributed by atoms with Gasteiger partial charge in [-0.1, -0.05) is 115 Å². The fraction of sp³-hybridized carbons (Fsp3) is 0. The largest absolute Gasteiger partial charge is 0.316 e. The predicted molar refractivity (Wildman–Crippen MR) is 197 cm³/mol. The zero-order chi connectivity index (χ0) is 30.9. The normalized spacial score (nSPS) is 11.8. The van der Waals surface area contributed by atoms with Crippen LogP contribution < -0.4 is 0 Å². The van der Waals surface area contributed by atoms with Gasteiger partial charge in [0, 0.05) is 54.6 Å². The second-order valence-electron chi connectivity index (χ2n) is 11.9. The van der Waals surface area contributed by atoms with Gasteiger partial charge >= 0.3 is 0 Å². The molecule has 0 unspecified atom stereocenters. The van der Waals surface area contributed by atoms with Crippen LogP contribution in [0.2, 0.25) is 0 Å². The average molecular weight is 619 g/mol. The van der Waals surface area contributed by atoms with Gasteiger partial charge in [0.1, 0.15) is 0 Å². The SMILES string of the molecule is c1ccc(-c2cc(-c3ccccc3)nc(-n3c4c(ccc5c4ccn5-c4ccccc4)c4ccc5c6ccccc6sc5c43)n2)cc1. The van der Waals surface area contributed by atoms with Crippen LogP contribution in [-0.2, 0) is 0 Å². The lowest BCUT2D eigenvalue weighted by Crippen LogP contribution is -2.04. The van der Waals surface area contributed by atoms with Crippen molar-refractivity contribution in [3.63, 3.8) is 0 Å². The first-order chi connectivity index (χ1) is 23.3. The summed E-state index contributed by atoms with van der Waals surface area (Å²) in [6.45, 7) is 0. The number of para-hydroxylation sites is 1. The first-order valence-electron chi connectivity index (χ1n) is 15.8. The van der Waals surface area contributed by atoms with Crippen LogP contribution in [0.15, 0.2) is 158 Å². The van der Waals surface area contributed by atoms with Crippen LogP contribution in [0.5, 0.6) is 0 Å². The molecule has 5 heteroatoms. The summed E-state index contributed by atoms with van der Waals surface area (Å²) in [7, 11) is 0. The molecule has 0 atom stereocenters. The highest BCUT2D eigenvalue weighted by atomic mass is 32.1. The van der Waals surface area contributed by atoms with Gasteiger partial charge in [0.25, 0.3) is 0 Å². The molecule has 0 fully saturated rings. The van der Waals surface area contributed by atoms with Crippen LogP contribution in [0, 0.1) is 0 Å². The van der Waals surface area contributed by atoms with E-state index in [4.69, 9.17) is 9.97 Å². The van der Waals surface area contributed by atoms with Gasteiger partial charge in [-0.25, -0.2) is 9.97 Å². The monoisotopic (exact) mass is 618 g/mol. The molecule has 0 bridgehead atoms. The molecule has 0 saturated heterocycles. The Labute approximate surface area is 274 Å². The van der Waals surface area contributed by atoms with Crippen molar-refractivity contribution in [1.82, 2.24) is 19.1 Å². The van der Waals surface area contributed by atoms with Crippen molar-refractivity contribution in [2.45, 2.75) is 0 Å². The Morgan fingerprint density at radius 2 is 1.06 bits per heavy atom. The van der Waals surface area contributed by atoms with Crippen molar-refractivity contribution in [2.24, 2.45) is 0 Å². The molecule has 4 aromatic heterocycles. The molecule has 0 amide bonds. The van der Waals surface area contributed by atoms with Gasteiger partial charge < -0.3 is 4.57 Å². The topological polar surface area (TPSA) is 35.6 Å². The van der Waals surface area contributed by atoms with Gasteiger partial charge in [0.05, 0.1) is 32.6 Å². The fourth-order valence-electron chi connectivity index (χ4n) is 7.05. The Bertz CT molecular complexity index is 2720. The van der Waals surface area contributed by atoms with E-state index < -0.39 is 0 Å². The van der Waals surface area contributed by atoms with Crippen molar-refractivity contribution in [3.05, 3.63) is 158 Å². The number of hydrogen-bond donors (Lipinski definition) is 0. The number of nitrogens with zero attached hydrogens (tertiary/aromatic N) is 4. The number of rotatable bonds is 4. The van der Waals surface area contributed by atoms with E-state index in [9.17, 15) is 0 Å². The van der Waals surface area contributed by atoms with E-state index in [2.05, 4.69) is 155 Å². The minimum Gasteiger partial charge on any atom is -0.316 e. The molecule has 10 rings (SSSR count). The van der Waals surface area contributed by atoms with Crippen molar-refractivity contribution < 1.29 is 0 Å². The van der Waals surface area contributed by atoms with Gasteiger partial charge in [-0.15, -0.1) is 11.3 Å². The summed E-state index contributed by atoms with van der Waals surface area (Å²) in [6, 6.07) is 53.5. The average Bonchev–Trinajstić information content (AvgIpc) is 3.84. The van der Waals surface area contributed by atoms with E-state index in [-0.39, 0.29) is 0 Å². The highest BCUT2D eigenvalue weighted by molar-refractivity contribution is 7.26. The molecule has 0 radical (unpaired) electrons. The summed E-state index contributed by atoms with van der Waals surface area (Å²) in [4.78, 5) is 10.7. The third-order valence-electron chi connectivity index (χ3n) is 9.19. The van der Waals surface area contributed by atoms with Crippen LogP contribution >= 0.6 is 11.3 Å². The molecule has 0 spiro atoms. The second-order valence-corrected chi connectivity index (χ2v) is 12.9. The summed E-state index contributed by atoms with van der Waals surface area (Å²) in [5.41, 5.74) is 8.42. The smallest absolute Gasteiger partial charge is 0.235 e. The standard InChI is InChI=1S/C42H26N4S/c1-4-12-27(13-5-1)35-26-36(28-14-6-2-7-15-28)44-42(43-35)46-39-31(22-23-37-34(39)24-25-45(37)29-16-8-3-9-17-29)32-20-21-33-30-18-10-11-19-38(30)47-41(33)40(32)46/h1-26H. The van der Waals surface area contributed by atoms with Gasteiger partial charge in [-0.3, -0.25) is 4.57 Å². The number of hydrogen-bond acceptors (Lipinski definition) is 3. The molecule has 0 aliphatic carbocycles. The summed E-state index contributed by atoms with van der Waals surface area (Å²) < 4.78 is 7.11. The third-order valence-corrected chi connectivity index (χ3v) is 10.4. The second kappa shape index (κ2) is 10.2. The van der Waals surface area contributed by atoms with Gasteiger partial charge in [-0.2, -0.15) is 0 Å². The summed E-state index contributed by atoms with van der Waals surface area (Å²) >= 11 is 1.84. The molecule has 47 heavy (non-hydrogen) atoms. The Morgan fingerprint density at radius 3 is 1.79 bits per heavy atom. The molecule has 220 valence electrons. The van der Waals surface area contributed by atoms with Crippen molar-refractivity contribution in [3.8, 4) is 34.2 Å². The quantitative estimate of drug-likeness (QED) is 0.197. The highest BCUT2D eigenvalue weighted by Gasteiger charge is 2.23. The van der Waals surface area contributed by atoms with Crippen LogP contribution in [0.1, 0.15) is 0 Å². The molecular formula is C42H26N4S. The number of fused-ring (bicyclic) bond motifs is 9. The number of aromatic nitrogens is 4. The lowest BCUT2D eigenvalue weighted by atomic mass is 10.1. The lowest BCUT2D eigenvalue weighted by molar-refractivity contribution is 1.00. The third kappa shape index (κ3) is 4.00. The van der Waals surface area contributed by atoms with Crippen molar-refractivity contribution >= 4 is 64.2 Å². The minimum atomic E-state index is 0.662. The molecule has 10 aromatic rings. The van der Waals surface area contributed by atoms with Gasteiger partial charge in [0.2, 0.25) is 5.95 Å². The minimum absolute atomic E-state index is 0.662. The molecule has 6 aromatic carbocycles. The van der Waals surface area contributed by atoms with E-state index in [1.54, 1.807) is 0 Å². The van der Waals surface area contributed by atoms with Crippen LogP contribution in [0.4, 0.5) is 0 Å². The number of benzene rings is 6. The number of thiophene rings is 1. The summed E-state index contributed by atoms with van der Waals surface area (Å²) in [6.07, 6.45) is 2.17. The Kier molecular flexibility index (Phi) is 5.71. The molecule has 0 N–H and O–H groups in total. The van der Waals surface area contributed by atoms with E-state index in [1.165, 1.54) is 30.9 Å². The maximum Gasteiger partial charge on any atom is 0.235 e. The summed E-state index contributed by atoms with van der Waals surface area (Å²) in [5, 5.41) is 6.07. The van der Waals surface area contributed by atoms with Crippen LogP contribution in [-0.4, -0.2) is 19.1 Å². The molecule has 4 nitrogen and oxygen atoms in total. The predicted octanol–water partition coefficient (Wildman–Crippen LogP) is 11.2. The lowest BCUT2D eigenvalue weighted by Gasteiger charge is -2.13.